The molecule has 0 aliphatic heterocycles. The van der Waals surface area contributed by atoms with E-state index in [9.17, 15) is 19.8 Å². The minimum atomic E-state index is -1.94. The number of aliphatic hydroxyl groups excluding tert-OH is 1. The minimum Gasteiger partial charge on any atom is -0.390 e. The molecule has 0 heterocycles. The zero-order valence-corrected chi connectivity index (χ0v) is 23.5. The number of thioether (sulfide) groups is 2. The lowest BCUT2D eigenvalue weighted by Gasteiger charge is -2.62. The van der Waals surface area contributed by atoms with Gasteiger partial charge in [0.15, 0.2) is 17.2 Å². The molecule has 4 rings (SSSR count). The maximum atomic E-state index is 17.2. The van der Waals surface area contributed by atoms with Crippen LogP contribution in [-0.2, 0) is 9.59 Å². The molecule has 2 N–H and O–H groups in total. The van der Waals surface area contributed by atoms with Gasteiger partial charge in [0.1, 0.15) is 5.60 Å². The van der Waals surface area contributed by atoms with E-state index < -0.39 is 34.1 Å². The molecule has 4 aliphatic rings. The minimum absolute atomic E-state index is 0.0342. The van der Waals surface area contributed by atoms with Gasteiger partial charge < -0.3 is 10.2 Å². The van der Waals surface area contributed by atoms with E-state index in [1.54, 1.807) is 24.8 Å². The van der Waals surface area contributed by atoms with Gasteiger partial charge in [-0.1, -0.05) is 46.3 Å². The van der Waals surface area contributed by atoms with E-state index >= 15 is 4.39 Å². The Balaban J connectivity index is 1.58. The van der Waals surface area contributed by atoms with Crippen LogP contribution in [0.2, 0.25) is 0 Å². The molecule has 0 spiro atoms. The second-order valence-corrected chi connectivity index (χ2v) is 15.6. The lowest BCUT2D eigenvalue weighted by Crippen LogP contribution is -2.69. The third kappa shape index (κ3) is 4.02. The third-order valence-corrected chi connectivity index (χ3v) is 12.1. The van der Waals surface area contributed by atoms with Crippen molar-refractivity contribution in [3.63, 3.8) is 0 Å². The van der Waals surface area contributed by atoms with Crippen LogP contribution in [0.5, 0.6) is 0 Å². The zero-order chi connectivity index (χ0) is 26.0. The number of halogens is 1. The van der Waals surface area contributed by atoms with Gasteiger partial charge in [-0.05, 0) is 56.6 Å². The highest BCUT2D eigenvalue weighted by molar-refractivity contribution is 8.03. The summed E-state index contributed by atoms with van der Waals surface area (Å²) in [5.74, 6) is 0.651. The van der Waals surface area contributed by atoms with Crippen molar-refractivity contribution >= 4 is 35.1 Å². The van der Waals surface area contributed by atoms with Crippen LogP contribution in [0.25, 0.3) is 0 Å². The Morgan fingerprint density at radius 1 is 1.23 bits per heavy atom. The molecule has 0 saturated heterocycles. The number of rotatable bonds is 6. The molecule has 7 heteroatoms. The van der Waals surface area contributed by atoms with Crippen LogP contribution in [0, 0.1) is 28.6 Å². The summed E-state index contributed by atoms with van der Waals surface area (Å²) in [5, 5.41) is 23.4. The molecule has 3 saturated carbocycles. The first-order chi connectivity index (χ1) is 16.1. The second kappa shape index (κ2) is 8.99. The van der Waals surface area contributed by atoms with Crippen molar-refractivity contribution in [2.45, 2.75) is 89.3 Å². The summed E-state index contributed by atoms with van der Waals surface area (Å²) < 4.78 is 17.4. The summed E-state index contributed by atoms with van der Waals surface area (Å²) in [7, 11) is 0. The summed E-state index contributed by atoms with van der Waals surface area (Å²) >= 11 is 3.40. The standard InChI is InChI=1S/C28H41FO4S2/c1-17-13-21-20-8-7-18-14-19(30)9-10-25(18,5)27(20,29)22(31)15-26(21,6)28(17,33)23(32)16-34-11-12-35-24(2,3)4/h9-10,14,17,20-22,31,33H,7-8,11-13,15-16H2,1-6H3/t17-,20+,21+,22+,25+,26+,27+,28+/m1/s1. The topological polar surface area (TPSA) is 74.6 Å². The predicted octanol–water partition coefficient (Wildman–Crippen LogP) is 5.17. The lowest BCUT2D eigenvalue weighted by molar-refractivity contribution is -0.218. The molecule has 3 fully saturated rings. The van der Waals surface area contributed by atoms with Gasteiger partial charge in [0.2, 0.25) is 0 Å². The Morgan fingerprint density at radius 3 is 2.57 bits per heavy atom. The van der Waals surface area contributed by atoms with Gasteiger partial charge in [-0.25, -0.2) is 4.39 Å². The largest absolute Gasteiger partial charge is 0.390 e. The molecule has 0 aromatic rings. The fourth-order valence-electron chi connectivity index (χ4n) is 7.82. The SMILES string of the molecule is C[C@@H]1C[C@H]2[C@@H]3CCC4=CC(=O)C=C[C@]4(C)[C@@]3(F)[C@@H](O)C[C@]2(C)[C@@]1(O)C(=O)CSCCSC(C)(C)C. The number of Topliss-reactive ketones (excluding diaryl/α,β-unsaturated/α-hetero) is 1. The number of carbonyl (C=O) groups is 2. The molecule has 0 aromatic carbocycles. The molecule has 196 valence electrons. The maximum absolute atomic E-state index is 17.2. The number of alkyl halides is 1. The molecular formula is C28H41FO4S2. The Morgan fingerprint density at radius 2 is 1.91 bits per heavy atom. The summed E-state index contributed by atoms with van der Waals surface area (Å²) in [5.41, 5.74) is -4.73. The van der Waals surface area contributed by atoms with Gasteiger partial charge in [0.25, 0.3) is 0 Å². The number of hydrogen-bond donors (Lipinski definition) is 2. The van der Waals surface area contributed by atoms with Crippen molar-refractivity contribution in [3.05, 3.63) is 23.8 Å². The van der Waals surface area contributed by atoms with Crippen molar-refractivity contribution in [1.29, 1.82) is 0 Å². The number of hydrogen-bond acceptors (Lipinski definition) is 6. The van der Waals surface area contributed by atoms with Crippen molar-refractivity contribution in [2.75, 3.05) is 17.3 Å². The molecule has 4 nitrogen and oxygen atoms in total. The molecule has 35 heavy (non-hydrogen) atoms. The lowest BCUT2D eigenvalue weighted by atomic mass is 9.44. The number of fused-ring (bicyclic) bond motifs is 5. The third-order valence-electron chi connectivity index (χ3n) is 9.64. The monoisotopic (exact) mass is 524 g/mol. The van der Waals surface area contributed by atoms with Gasteiger partial charge in [-0.3, -0.25) is 9.59 Å². The van der Waals surface area contributed by atoms with Crippen molar-refractivity contribution < 1.29 is 24.2 Å². The van der Waals surface area contributed by atoms with Crippen LogP contribution in [0.4, 0.5) is 4.39 Å². The summed E-state index contributed by atoms with van der Waals surface area (Å²) in [4.78, 5) is 25.6. The van der Waals surface area contributed by atoms with E-state index in [0.717, 1.165) is 17.1 Å². The van der Waals surface area contributed by atoms with Crippen molar-refractivity contribution in [1.82, 2.24) is 0 Å². The first kappa shape index (κ1) is 27.4. The maximum Gasteiger partial charge on any atom is 0.178 e. The highest BCUT2D eigenvalue weighted by Gasteiger charge is 2.75. The average Bonchev–Trinajstić information content (AvgIpc) is 2.95. The van der Waals surface area contributed by atoms with Crippen LogP contribution in [0.3, 0.4) is 0 Å². The smallest absolute Gasteiger partial charge is 0.178 e. The fourth-order valence-corrected chi connectivity index (χ4v) is 9.79. The Bertz CT molecular complexity index is 957. The van der Waals surface area contributed by atoms with Gasteiger partial charge >= 0.3 is 0 Å². The molecule has 8 atom stereocenters. The van der Waals surface area contributed by atoms with Crippen LogP contribution >= 0.6 is 23.5 Å². The molecule has 0 unspecified atom stereocenters. The Kier molecular flexibility index (Phi) is 7.04. The van der Waals surface area contributed by atoms with Crippen LogP contribution in [0.1, 0.15) is 67.2 Å². The fraction of sp³-hybridized carbons (Fsp3) is 0.786. The van der Waals surface area contributed by atoms with E-state index in [1.807, 2.05) is 25.6 Å². The highest BCUT2D eigenvalue weighted by Crippen LogP contribution is 2.70. The van der Waals surface area contributed by atoms with Crippen LogP contribution < -0.4 is 0 Å². The molecule has 0 amide bonds. The Labute approximate surface area is 218 Å². The number of ketones is 2. The summed E-state index contributed by atoms with van der Waals surface area (Å²) in [6.07, 6.45) is 4.95. The van der Waals surface area contributed by atoms with E-state index in [1.165, 1.54) is 12.2 Å². The van der Waals surface area contributed by atoms with Gasteiger partial charge in [0, 0.05) is 33.0 Å². The normalized spacial score (nSPS) is 44.9. The highest BCUT2D eigenvalue weighted by atomic mass is 32.2. The molecule has 0 aromatic heterocycles. The second-order valence-electron chi connectivity index (χ2n) is 12.6. The first-order valence-electron chi connectivity index (χ1n) is 12.9. The van der Waals surface area contributed by atoms with E-state index in [0.29, 0.717) is 19.3 Å². The van der Waals surface area contributed by atoms with Gasteiger partial charge in [-0.15, -0.1) is 0 Å². The summed E-state index contributed by atoms with van der Waals surface area (Å²) in [6, 6.07) is 0. The van der Waals surface area contributed by atoms with Crippen molar-refractivity contribution in [3.8, 4) is 0 Å². The van der Waals surface area contributed by atoms with Gasteiger partial charge in [-0.2, -0.15) is 23.5 Å². The number of allylic oxidation sites excluding steroid dienone is 4. The molecule has 0 radical (unpaired) electrons. The Hall–Kier alpha value is -0.630. The summed E-state index contributed by atoms with van der Waals surface area (Å²) in [6.45, 7) is 12.1. The van der Waals surface area contributed by atoms with Crippen LogP contribution in [0.15, 0.2) is 23.8 Å². The van der Waals surface area contributed by atoms with E-state index in [4.69, 9.17) is 0 Å². The van der Waals surface area contributed by atoms with E-state index in [2.05, 4.69) is 20.8 Å². The van der Waals surface area contributed by atoms with Crippen LogP contribution in [-0.4, -0.2) is 61.2 Å². The average molecular weight is 525 g/mol. The first-order valence-corrected chi connectivity index (χ1v) is 15.0. The van der Waals surface area contributed by atoms with Gasteiger partial charge in [0.05, 0.1) is 11.9 Å². The molecule has 4 aliphatic carbocycles. The predicted molar refractivity (Wildman–Crippen MR) is 142 cm³/mol. The quantitative estimate of drug-likeness (QED) is 0.467. The van der Waals surface area contributed by atoms with Crippen molar-refractivity contribution in [2.24, 2.45) is 28.6 Å². The number of carbonyl (C=O) groups excluding carboxylic acids is 2. The zero-order valence-electron chi connectivity index (χ0n) is 21.9. The van der Waals surface area contributed by atoms with E-state index in [-0.39, 0.29) is 40.3 Å². The number of aliphatic hydroxyl groups is 2. The molecule has 0 bridgehead atoms. The molecular weight excluding hydrogens is 483 g/mol.